The molecule has 10 aliphatic heterocycles. The van der Waals surface area contributed by atoms with Gasteiger partial charge in [-0.3, -0.25) is 28.6 Å². The summed E-state index contributed by atoms with van der Waals surface area (Å²) in [4.78, 5) is 95.0. The van der Waals surface area contributed by atoms with Crippen LogP contribution in [0.3, 0.4) is 0 Å². The minimum absolute atomic E-state index is 0.000901. The summed E-state index contributed by atoms with van der Waals surface area (Å²) in [6.07, 6.45) is 18.4. The summed E-state index contributed by atoms with van der Waals surface area (Å²) < 4.78 is 101. The van der Waals surface area contributed by atoms with E-state index in [0.29, 0.717) is 65.9 Å². The number of anilines is 8. The molecule has 0 aliphatic carbocycles. The summed E-state index contributed by atoms with van der Waals surface area (Å²) in [6, 6.07) is 34.3. The van der Waals surface area contributed by atoms with E-state index in [4.69, 9.17) is 63.5 Å². The van der Waals surface area contributed by atoms with Gasteiger partial charge in [-0.05, 0) is 215 Å². The minimum atomic E-state index is -4.39. The number of aromatic nitrogens is 12. The smallest absolute Gasteiger partial charge is 0.356 e. The Bertz CT molecular complexity index is 7050. The monoisotopic (exact) mass is 2060 g/mol. The Labute approximate surface area is 853 Å². The fourth-order valence-corrected chi connectivity index (χ4v) is 23.2. The first kappa shape index (κ1) is 101. The van der Waals surface area contributed by atoms with E-state index in [1.807, 2.05) is 91.8 Å². The largest absolute Gasteiger partial charge is 0.405 e. The molecule has 41 heteroatoms. The second-order valence-electron chi connectivity index (χ2n) is 40.7. The van der Waals surface area contributed by atoms with Crippen LogP contribution in [0.4, 0.5) is 59.5 Å². The summed E-state index contributed by atoms with van der Waals surface area (Å²) in [7, 11) is -7.26. The lowest BCUT2D eigenvalue weighted by Gasteiger charge is -2.37. The predicted octanol–water partition coefficient (Wildman–Crippen LogP) is 15.9. The number of aryl methyl sites for hydroxylation is 4. The number of benzene rings is 4. The third-order valence-corrected chi connectivity index (χ3v) is 31.2. The summed E-state index contributed by atoms with van der Waals surface area (Å²) in [5.74, 6) is 6.25. The Morgan fingerprint density at radius 3 is 1.26 bits per heavy atom. The molecule has 4 aromatic carbocycles. The fourth-order valence-electron chi connectivity index (χ4n) is 21.7. The number of rotatable bonds is 18. The molecule has 34 nitrogen and oxygen atoms in total. The van der Waals surface area contributed by atoms with E-state index < -0.39 is 44.2 Å². The number of fused-ring (bicyclic) bond motifs is 4. The van der Waals surface area contributed by atoms with Crippen molar-refractivity contribution in [2.75, 3.05) is 176 Å². The Morgan fingerprint density at radius 1 is 0.393 bits per heavy atom. The van der Waals surface area contributed by atoms with Gasteiger partial charge in [-0.15, -0.1) is 0 Å². The second-order valence-corrected chi connectivity index (χ2v) is 45.0. The quantitative estimate of drug-likeness (QED) is 0.0620. The van der Waals surface area contributed by atoms with Gasteiger partial charge in [0.2, 0.25) is 20.0 Å². The molecule has 145 heavy (non-hydrogen) atoms. The zero-order valence-electron chi connectivity index (χ0n) is 83.5. The first-order valence-corrected chi connectivity index (χ1v) is 55.6. The highest BCUT2D eigenvalue weighted by molar-refractivity contribution is 7.92. The molecule has 0 radical (unpaired) electrons. The third-order valence-electron chi connectivity index (χ3n) is 29.5. The van der Waals surface area contributed by atoms with Gasteiger partial charge in [0.15, 0.2) is 22.6 Å². The molecule has 18 heterocycles. The number of nitrogens with one attached hydrogen (secondary N) is 4. The number of nitrogens with zero attached hydrogens (tertiary/aromatic N) is 22. The molecule has 0 spiro atoms. The number of alkyl halides is 3. The van der Waals surface area contributed by atoms with Crippen LogP contribution in [0.15, 0.2) is 134 Å². The number of carbonyl (C=O) groups is 4. The minimum Gasteiger partial charge on any atom is -0.356 e. The highest BCUT2D eigenvalue weighted by Gasteiger charge is 2.44. The summed E-state index contributed by atoms with van der Waals surface area (Å²) in [6.45, 7) is 27.2. The van der Waals surface area contributed by atoms with Crippen LogP contribution in [0.5, 0.6) is 0 Å². The van der Waals surface area contributed by atoms with Crippen LogP contribution in [0, 0.1) is 39.5 Å². The summed E-state index contributed by atoms with van der Waals surface area (Å²) >= 11 is 12.5. The predicted molar refractivity (Wildman–Crippen MR) is 560 cm³/mol. The van der Waals surface area contributed by atoms with Crippen LogP contribution in [0.1, 0.15) is 234 Å². The second kappa shape index (κ2) is 43.1. The van der Waals surface area contributed by atoms with Crippen molar-refractivity contribution in [1.29, 1.82) is 0 Å². The fraction of sp³-hybridized carbons (Fsp3) is 0.500. The van der Waals surface area contributed by atoms with Crippen molar-refractivity contribution < 1.29 is 49.2 Å². The molecular weight excluding hydrogens is 1930 g/mol. The number of hydrogen-bond donors (Lipinski definition) is 4. The van der Waals surface area contributed by atoms with E-state index in [9.17, 15) is 49.2 Å². The number of halogens is 5. The molecule has 4 N–H and O–H groups in total. The molecule has 22 rings (SSSR count). The van der Waals surface area contributed by atoms with Gasteiger partial charge >= 0.3 is 6.18 Å². The van der Waals surface area contributed by atoms with Crippen LogP contribution in [-0.2, 0) is 20.0 Å². The maximum Gasteiger partial charge on any atom is 0.405 e. The van der Waals surface area contributed by atoms with Crippen molar-refractivity contribution in [1.82, 2.24) is 88.6 Å². The van der Waals surface area contributed by atoms with Gasteiger partial charge in [-0.25, -0.2) is 45.8 Å². The average molecular weight is 2060 g/mol. The highest BCUT2D eigenvalue weighted by atomic mass is 35.5. The zero-order valence-corrected chi connectivity index (χ0v) is 86.7. The number of piperazine rings is 1. The molecule has 7 atom stereocenters. The van der Waals surface area contributed by atoms with Crippen LogP contribution in [0.25, 0.3) is 22.6 Å². The van der Waals surface area contributed by atoms with Crippen molar-refractivity contribution in [2.24, 2.45) is 11.8 Å². The molecule has 12 aromatic rings. The highest BCUT2D eigenvalue weighted by Crippen LogP contribution is 2.43. The van der Waals surface area contributed by atoms with E-state index in [2.05, 4.69) is 103 Å². The molecule has 1 unspecified atom stereocenters. The van der Waals surface area contributed by atoms with E-state index in [1.165, 1.54) is 49.6 Å². The third kappa shape index (κ3) is 22.9. The standard InChI is InChI=1S/C27H32ClF3N8O3S.C27H35ClN8O3S.2C25H31N5O/c1-43(41,42)35-19-7-6-17(28)13-18(19)26(40)38-11-3-2-5-21(38)20-14-24-33-23(36-9-4-10-36)15-25(39(24)34-20)37-12-8-32-22(16-37)27(29,30)31;1-40(38,39)32-21-8-7-19(28)16-20(21)27(37)35-14-3-2-6-23(35)22-17-25-30-24(33-12-5-13-33)18-26(36(25)31-22)34-11-4-9-29-10-15-34;1-17-7-6-8-20(13-17)25(31)29-11-5-4-9-22(29)21-14-23-26-24(19(3)16-30(23)27-21)28-12-10-18(2)15-28;1-17-11-13-28(15-17)24-19(3)16-30-23(26-24)14-21(27-30)22-10-6-7-12-29(22)25(31)20-9-5-4-8-18(20)2/h6-7,13-15,21-22,32,35H,2-5,8-12,16H2,1H3;7-8,16-18,23,29,32H,2-6,9-15H2,1H3;6-8,13-14,16,18,22H,4-5,9-12,15H2,1-3H3;4-5,8-9,14,16-17,22H,6-7,10-13,15H2,1-3H3/t21-,22?;23-;18-,22-;17-,22-/m0000/s1. The van der Waals surface area contributed by atoms with E-state index in [-0.39, 0.29) is 76.5 Å². The van der Waals surface area contributed by atoms with Crippen LogP contribution in [-0.4, -0.2) is 268 Å². The van der Waals surface area contributed by atoms with Gasteiger partial charge < -0.3 is 59.6 Å². The first-order chi connectivity index (χ1) is 69.6. The lowest BCUT2D eigenvalue weighted by molar-refractivity contribution is -0.155. The van der Waals surface area contributed by atoms with E-state index >= 15 is 0 Å². The molecule has 10 aliphatic rings. The van der Waals surface area contributed by atoms with Gasteiger partial charge in [0.25, 0.3) is 23.6 Å². The van der Waals surface area contributed by atoms with Crippen LogP contribution >= 0.6 is 23.2 Å². The Kier molecular flexibility index (Phi) is 30.2. The first-order valence-electron chi connectivity index (χ1n) is 51.1. The van der Waals surface area contributed by atoms with Crippen LogP contribution in [0.2, 0.25) is 10.0 Å². The van der Waals surface area contributed by atoms with E-state index in [0.717, 1.165) is 278 Å². The van der Waals surface area contributed by atoms with Gasteiger partial charge in [0.05, 0.1) is 82.0 Å². The molecule has 770 valence electrons. The number of sulfonamides is 2. The van der Waals surface area contributed by atoms with Crippen molar-refractivity contribution in [3.05, 3.63) is 211 Å². The molecule has 4 amide bonds. The number of hydrogen-bond acceptors (Lipinski definition) is 24. The lowest BCUT2D eigenvalue weighted by atomic mass is 9.97. The van der Waals surface area contributed by atoms with Crippen molar-refractivity contribution in [2.45, 2.75) is 187 Å². The number of piperidine rings is 4. The van der Waals surface area contributed by atoms with Gasteiger partial charge in [-0.1, -0.05) is 72.9 Å². The Morgan fingerprint density at radius 2 is 0.828 bits per heavy atom. The molecule has 8 aromatic heterocycles. The van der Waals surface area contributed by atoms with Crippen molar-refractivity contribution in [3.8, 4) is 0 Å². The van der Waals surface area contributed by atoms with Gasteiger partial charge in [-0.2, -0.15) is 42.6 Å². The summed E-state index contributed by atoms with van der Waals surface area (Å²) in [5, 5.41) is 26.3. The summed E-state index contributed by atoms with van der Waals surface area (Å²) in [5.41, 5.74) is 12.9. The average Bonchev–Trinajstić information content (AvgIpc) is 1.63. The lowest BCUT2D eigenvalue weighted by Crippen LogP contribution is -2.57. The molecule has 0 bridgehead atoms. The SMILES string of the molecule is CS(=O)(=O)Nc1ccc(Cl)cc1C(=O)N1CCCC[C@H]1c1cc2nc(N3CCC3)cc(N3CCCNCC3)n2n1.CS(=O)(=O)Nc1ccc(Cl)cc1C(=O)N1CCCC[C@H]1c1cc2nc(N3CCC3)cc(N3CCNC(C(F)(F)F)C3)n2n1.Cc1cccc(C(=O)N2CCCC[C@H]2c2cc3nc(N4CC[C@H](C)C4)c(C)cn3n2)c1.Cc1ccccc1C(=O)N1CCCC[C@H]1c1cc2nc(N3CC[C@H](C)C3)c(C)cn2n1. The molecule has 10 fully saturated rings. The molecular formula is C104H129Cl2F3N26O8S2. The maximum atomic E-state index is 14.0. The Balaban J connectivity index is 0.000000123. The molecule has 0 saturated carbocycles. The number of likely N-dealkylation sites (tertiary alicyclic amines) is 4. The van der Waals surface area contributed by atoms with Crippen molar-refractivity contribution in [3.63, 3.8) is 0 Å². The maximum absolute atomic E-state index is 14.0. The normalized spacial score (nSPS) is 21.3. The Hall–Kier alpha value is -12.2. The van der Waals surface area contributed by atoms with Gasteiger partial charge in [0, 0.05) is 199 Å². The topological polar surface area (TPSA) is 338 Å². The van der Waals surface area contributed by atoms with E-state index in [1.54, 1.807) is 37.4 Å². The van der Waals surface area contributed by atoms with Gasteiger partial charge in [0.1, 0.15) is 40.9 Å². The van der Waals surface area contributed by atoms with Crippen molar-refractivity contribution >= 4 is 136 Å². The van der Waals surface area contributed by atoms with Crippen LogP contribution < -0.4 is 49.5 Å². The number of amides is 4. The number of carbonyl (C=O) groups excluding carboxylic acids is 4. The molecule has 10 saturated heterocycles. The zero-order chi connectivity index (χ0) is 101.